The first-order valence-electron chi connectivity index (χ1n) is 8.03. The molecule has 2 aliphatic rings. The smallest absolute Gasteiger partial charge is 0.0244 e. The van der Waals surface area contributed by atoms with Crippen molar-refractivity contribution < 1.29 is 0 Å². The quantitative estimate of drug-likeness (QED) is 0.764. The van der Waals surface area contributed by atoms with Crippen LogP contribution in [-0.2, 0) is 0 Å². The summed E-state index contributed by atoms with van der Waals surface area (Å²) in [5.41, 5.74) is 0. The standard InChI is InChI=1S/C15H32N4/c1-13(2)15(19-9-7-18(3)8-10-19)12-17-14-5-4-6-16-11-14/h13-17H,4-12H2,1-3H3. The van der Waals surface area contributed by atoms with Crippen molar-refractivity contribution in [2.75, 3.05) is 52.9 Å². The summed E-state index contributed by atoms with van der Waals surface area (Å²) < 4.78 is 0. The van der Waals surface area contributed by atoms with E-state index in [1.165, 1.54) is 45.6 Å². The van der Waals surface area contributed by atoms with Crippen molar-refractivity contribution in [1.29, 1.82) is 0 Å². The Bertz CT molecular complexity index is 243. The molecule has 112 valence electrons. The Morgan fingerprint density at radius 3 is 2.53 bits per heavy atom. The molecule has 2 heterocycles. The average Bonchev–Trinajstić information content (AvgIpc) is 2.42. The minimum atomic E-state index is 0.683. The molecule has 2 unspecified atom stereocenters. The van der Waals surface area contributed by atoms with Crippen molar-refractivity contribution in [1.82, 2.24) is 20.4 Å². The third-order valence-corrected chi connectivity index (χ3v) is 4.69. The van der Waals surface area contributed by atoms with Crippen LogP contribution in [0.15, 0.2) is 0 Å². The largest absolute Gasteiger partial charge is 0.315 e. The fraction of sp³-hybridized carbons (Fsp3) is 1.00. The van der Waals surface area contributed by atoms with E-state index in [-0.39, 0.29) is 0 Å². The van der Waals surface area contributed by atoms with E-state index in [0.717, 1.165) is 19.0 Å². The van der Waals surface area contributed by atoms with Crippen LogP contribution in [0.25, 0.3) is 0 Å². The molecule has 2 fully saturated rings. The lowest BCUT2D eigenvalue weighted by Gasteiger charge is -2.40. The number of likely N-dealkylation sites (N-methyl/N-ethyl adjacent to an activating group) is 1. The van der Waals surface area contributed by atoms with Crippen LogP contribution in [0.2, 0.25) is 0 Å². The highest BCUT2D eigenvalue weighted by Crippen LogP contribution is 2.13. The predicted molar refractivity (Wildman–Crippen MR) is 81.6 cm³/mol. The van der Waals surface area contributed by atoms with Gasteiger partial charge in [0.15, 0.2) is 0 Å². The van der Waals surface area contributed by atoms with E-state index in [9.17, 15) is 0 Å². The molecule has 0 radical (unpaired) electrons. The second-order valence-corrected chi connectivity index (χ2v) is 6.60. The van der Waals surface area contributed by atoms with E-state index in [1.807, 2.05) is 0 Å². The molecule has 0 aromatic carbocycles. The fourth-order valence-electron chi connectivity index (χ4n) is 3.25. The summed E-state index contributed by atoms with van der Waals surface area (Å²) in [5, 5.41) is 7.28. The van der Waals surface area contributed by atoms with Gasteiger partial charge in [-0.25, -0.2) is 0 Å². The lowest BCUT2D eigenvalue weighted by molar-refractivity contribution is 0.0854. The monoisotopic (exact) mass is 268 g/mol. The number of rotatable bonds is 5. The van der Waals surface area contributed by atoms with Gasteiger partial charge < -0.3 is 15.5 Å². The third-order valence-electron chi connectivity index (χ3n) is 4.69. The number of piperidine rings is 1. The first kappa shape index (κ1) is 15.2. The Labute approximate surface area is 118 Å². The molecule has 2 rings (SSSR count). The van der Waals surface area contributed by atoms with Crippen LogP contribution in [-0.4, -0.2) is 74.7 Å². The maximum absolute atomic E-state index is 3.79. The molecule has 2 aliphatic heterocycles. The van der Waals surface area contributed by atoms with Crippen LogP contribution in [0, 0.1) is 5.92 Å². The Morgan fingerprint density at radius 1 is 1.21 bits per heavy atom. The van der Waals surface area contributed by atoms with E-state index in [4.69, 9.17) is 0 Å². The zero-order valence-corrected chi connectivity index (χ0v) is 13.0. The maximum atomic E-state index is 3.79. The topological polar surface area (TPSA) is 30.5 Å². The van der Waals surface area contributed by atoms with Gasteiger partial charge in [0, 0.05) is 51.4 Å². The van der Waals surface area contributed by atoms with E-state index in [1.54, 1.807) is 0 Å². The van der Waals surface area contributed by atoms with Crippen molar-refractivity contribution in [3.8, 4) is 0 Å². The van der Waals surface area contributed by atoms with Gasteiger partial charge in [0.25, 0.3) is 0 Å². The third kappa shape index (κ3) is 4.71. The average molecular weight is 268 g/mol. The van der Waals surface area contributed by atoms with Gasteiger partial charge in [0.1, 0.15) is 0 Å². The van der Waals surface area contributed by atoms with Gasteiger partial charge in [-0.05, 0) is 32.4 Å². The zero-order chi connectivity index (χ0) is 13.7. The molecule has 2 atom stereocenters. The molecule has 0 amide bonds. The lowest BCUT2D eigenvalue weighted by atomic mass is 10.00. The van der Waals surface area contributed by atoms with Gasteiger partial charge >= 0.3 is 0 Å². The molecule has 2 N–H and O–H groups in total. The fourth-order valence-corrected chi connectivity index (χ4v) is 3.25. The molecule has 0 aromatic heterocycles. The van der Waals surface area contributed by atoms with E-state index < -0.39 is 0 Å². The molecular weight excluding hydrogens is 236 g/mol. The summed E-state index contributed by atoms with van der Waals surface area (Å²) in [6, 6.07) is 1.37. The normalized spacial score (nSPS) is 28.7. The Hall–Kier alpha value is -0.160. The molecular formula is C15H32N4. The van der Waals surface area contributed by atoms with Gasteiger partial charge in [-0.3, -0.25) is 4.90 Å². The van der Waals surface area contributed by atoms with Gasteiger partial charge in [-0.1, -0.05) is 13.8 Å². The van der Waals surface area contributed by atoms with Gasteiger partial charge in [0.2, 0.25) is 0 Å². The lowest BCUT2D eigenvalue weighted by Crippen LogP contribution is -2.55. The Morgan fingerprint density at radius 2 is 1.95 bits per heavy atom. The highest BCUT2D eigenvalue weighted by atomic mass is 15.3. The van der Waals surface area contributed by atoms with Crippen LogP contribution in [0.1, 0.15) is 26.7 Å². The van der Waals surface area contributed by atoms with Gasteiger partial charge in [-0.2, -0.15) is 0 Å². The molecule has 4 heteroatoms. The molecule has 0 aromatic rings. The van der Waals surface area contributed by atoms with Crippen molar-refractivity contribution in [2.24, 2.45) is 5.92 Å². The van der Waals surface area contributed by atoms with Gasteiger partial charge in [0.05, 0.1) is 0 Å². The summed E-state index contributed by atoms with van der Waals surface area (Å²) >= 11 is 0. The van der Waals surface area contributed by atoms with Crippen molar-refractivity contribution in [3.05, 3.63) is 0 Å². The maximum Gasteiger partial charge on any atom is 0.0244 e. The molecule has 2 saturated heterocycles. The highest BCUT2D eigenvalue weighted by Gasteiger charge is 2.25. The zero-order valence-electron chi connectivity index (χ0n) is 13.0. The molecule has 0 bridgehead atoms. The minimum absolute atomic E-state index is 0.683. The first-order valence-corrected chi connectivity index (χ1v) is 8.03. The van der Waals surface area contributed by atoms with Crippen LogP contribution < -0.4 is 10.6 Å². The summed E-state index contributed by atoms with van der Waals surface area (Å²) in [7, 11) is 2.23. The second kappa shape index (κ2) is 7.58. The van der Waals surface area contributed by atoms with Gasteiger partial charge in [-0.15, -0.1) is 0 Å². The molecule has 0 saturated carbocycles. The molecule has 0 spiro atoms. The molecule has 0 aliphatic carbocycles. The van der Waals surface area contributed by atoms with Crippen LogP contribution >= 0.6 is 0 Å². The Balaban J connectivity index is 1.78. The van der Waals surface area contributed by atoms with Crippen LogP contribution in [0.3, 0.4) is 0 Å². The Kier molecular flexibility index (Phi) is 6.07. The van der Waals surface area contributed by atoms with E-state index in [0.29, 0.717) is 12.1 Å². The summed E-state index contributed by atoms with van der Waals surface area (Å²) in [6.07, 6.45) is 2.65. The van der Waals surface area contributed by atoms with E-state index >= 15 is 0 Å². The number of hydrogen-bond donors (Lipinski definition) is 2. The van der Waals surface area contributed by atoms with Crippen molar-refractivity contribution in [3.63, 3.8) is 0 Å². The number of nitrogens with one attached hydrogen (secondary N) is 2. The van der Waals surface area contributed by atoms with Crippen molar-refractivity contribution >= 4 is 0 Å². The van der Waals surface area contributed by atoms with Crippen LogP contribution in [0.4, 0.5) is 0 Å². The second-order valence-electron chi connectivity index (χ2n) is 6.60. The molecule has 19 heavy (non-hydrogen) atoms. The number of hydrogen-bond acceptors (Lipinski definition) is 4. The number of piperazine rings is 1. The summed E-state index contributed by atoms with van der Waals surface area (Å²) in [6.45, 7) is 13.1. The summed E-state index contributed by atoms with van der Waals surface area (Å²) in [4.78, 5) is 5.13. The first-order chi connectivity index (χ1) is 9.16. The summed E-state index contributed by atoms with van der Waals surface area (Å²) in [5.74, 6) is 0.729. The minimum Gasteiger partial charge on any atom is -0.315 e. The predicted octanol–water partition coefficient (Wildman–Crippen LogP) is 0.600. The van der Waals surface area contributed by atoms with E-state index in [2.05, 4.69) is 41.3 Å². The number of nitrogens with zero attached hydrogens (tertiary/aromatic N) is 2. The SMILES string of the molecule is CC(C)C(CNC1CCCNC1)N1CCN(C)CC1. The highest BCUT2D eigenvalue weighted by molar-refractivity contribution is 4.84. The van der Waals surface area contributed by atoms with Crippen LogP contribution in [0.5, 0.6) is 0 Å². The van der Waals surface area contributed by atoms with Crippen molar-refractivity contribution in [2.45, 2.75) is 38.8 Å². The molecule has 4 nitrogen and oxygen atoms in total.